The molecule has 0 aliphatic rings. The van der Waals surface area contributed by atoms with Crippen molar-refractivity contribution in [3.8, 4) is 5.69 Å². The molecule has 2 nitrogen and oxygen atoms in total. The fourth-order valence-corrected chi connectivity index (χ4v) is 2.01. The van der Waals surface area contributed by atoms with E-state index in [2.05, 4.69) is 0 Å². The summed E-state index contributed by atoms with van der Waals surface area (Å²) in [7, 11) is 0. The Bertz CT molecular complexity index is 617. The Morgan fingerprint density at radius 2 is 1.71 bits per heavy atom. The zero-order chi connectivity index (χ0) is 12.6. The smallest absolute Gasteiger partial charge is 0.255 e. The van der Waals surface area contributed by atoms with Gasteiger partial charge in [-0.15, -0.1) is 0 Å². The van der Waals surface area contributed by atoms with Gasteiger partial charge in [-0.3, -0.25) is 9.36 Å². The highest BCUT2D eigenvalue weighted by Crippen LogP contribution is 2.19. The third-order valence-corrected chi connectivity index (χ3v) is 3.57. The molecule has 0 spiro atoms. The first-order valence-corrected chi connectivity index (χ1v) is 5.93. The zero-order valence-corrected chi connectivity index (χ0v) is 11.0. The maximum Gasteiger partial charge on any atom is 0.255 e. The van der Waals surface area contributed by atoms with Crippen LogP contribution >= 0.6 is 22.6 Å². The van der Waals surface area contributed by atoms with E-state index in [-0.39, 0.29) is 5.69 Å². The number of para-hydroxylation sites is 1. The maximum absolute atomic E-state index is 13.6. The minimum atomic E-state index is -0.753. The van der Waals surface area contributed by atoms with Crippen LogP contribution in [-0.4, -0.2) is 4.57 Å². The van der Waals surface area contributed by atoms with Crippen LogP contribution in [0.5, 0.6) is 0 Å². The van der Waals surface area contributed by atoms with E-state index in [1.165, 1.54) is 12.1 Å². The summed E-state index contributed by atoms with van der Waals surface area (Å²) >= 11 is 2.01. The third-order valence-electron chi connectivity index (χ3n) is 2.43. The summed E-state index contributed by atoms with van der Waals surface area (Å²) in [6, 6.07) is 6.44. The molecule has 5 heteroatoms. The van der Waals surface area contributed by atoms with Crippen LogP contribution in [0, 0.1) is 22.1 Å². The van der Waals surface area contributed by atoms with Gasteiger partial charge in [0, 0.05) is 15.3 Å². The summed E-state index contributed by atoms with van der Waals surface area (Å²) in [5.74, 6) is -1.51. The van der Waals surface area contributed by atoms with Gasteiger partial charge in [-0.25, -0.2) is 8.78 Å². The number of hydrogen-bond acceptors (Lipinski definition) is 1. The van der Waals surface area contributed by atoms with E-state index in [1.54, 1.807) is 13.0 Å². The molecule has 88 valence electrons. The molecule has 0 aliphatic carbocycles. The number of hydrogen-bond donors (Lipinski definition) is 0. The van der Waals surface area contributed by atoms with Gasteiger partial charge in [0.05, 0.1) is 0 Å². The molecule has 0 atom stereocenters. The molecule has 1 aromatic heterocycles. The van der Waals surface area contributed by atoms with Gasteiger partial charge in [0.15, 0.2) is 0 Å². The average Bonchev–Trinajstić information content (AvgIpc) is 2.28. The predicted molar refractivity (Wildman–Crippen MR) is 69.4 cm³/mol. The van der Waals surface area contributed by atoms with Crippen molar-refractivity contribution in [1.29, 1.82) is 0 Å². The topological polar surface area (TPSA) is 22.0 Å². The van der Waals surface area contributed by atoms with Crippen LogP contribution in [0.2, 0.25) is 0 Å². The Balaban J connectivity index is 2.87. The van der Waals surface area contributed by atoms with Gasteiger partial charge in [0.2, 0.25) is 0 Å². The Morgan fingerprint density at radius 1 is 1.12 bits per heavy atom. The highest BCUT2D eigenvalue weighted by Gasteiger charge is 2.14. The standard InChI is InChI=1S/C12H8F2INO/c1-7-10(15)5-6-11(17)16(7)12-8(13)3-2-4-9(12)14/h2-6H,1H3. The summed E-state index contributed by atoms with van der Waals surface area (Å²) in [6.45, 7) is 1.65. The quantitative estimate of drug-likeness (QED) is 0.727. The zero-order valence-electron chi connectivity index (χ0n) is 8.88. The molecular formula is C12H8F2INO. The van der Waals surface area contributed by atoms with E-state index in [9.17, 15) is 13.6 Å². The molecule has 0 bridgehead atoms. The second-order valence-electron chi connectivity index (χ2n) is 3.51. The molecule has 0 N–H and O–H groups in total. The number of pyridine rings is 1. The summed E-state index contributed by atoms with van der Waals surface area (Å²) < 4.78 is 29.1. The second-order valence-corrected chi connectivity index (χ2v) is 4.67. The fourth-order valence-electron chi connectivity index (χ4n) is 1.59. The van der Waals surface area contributed by atoms with Crippen molar-refractivity contribution < 1.29 is 8.78 Å². The largest absolute Gasteiger partial charge is 0.275 e. The number of halogens is 3. The lowest BCUT2D eigenvalue weighted by molar-refractivity contribution is 0.564. The average molecular weight is 347 g/mol. The van der Waals surface area contributed by atoms with Gasteiger partial charge >= 0.3 is 0 Å². The van der Waals surface area contributed by atoms with Crippen LogP contribution in [0.4, 0.5) is 8.78 Å². The molecule has 0 amide bonds. The van der Waals surface area contributed by atoms with E-state index in [4.69, 9.17) is 0 Å². The van der Waals surface area contributed by atoms with E-state index in [1.807, 2.05) is 22.6 Å². The van der Waals surface area contributed by atoms with Gasteiger partial charge in [0.1, 0.15) is 17.3 Å². The first-order valence-electron chi connectivity index (χ1n) is 4.85. The molecule has 1 heterocycles. The normalized spacial score (nSPS) is 10.6. The molecule has 0 unspecified atom stereocenters. The van der Waals surface area contributed by atoms with Crippen molar-refractivity contribution in [3.05, 3.63) is 61.6 Å². The minimum absolute atomic E-state index is 0.325. The second kappa shape index (κ2) is 4.56. The van der Waals surface area contributed by atoms with E-state index in [0.717, 1.165) is 20.3 Å². The lowest BCUT2D eigenvalue weighted by atomic mass is 10.2. The van der Waals surface area contributed by atoms with E-state index in [0.29, 0.717) is 5.69 Å². The van der Waals surface area contributed by atoms with Crippen molar-refractivity contribution in [1.82, 2.24) is 4.57 Å². The maximum atomic E-state index is 13.6. The molecular weight excluding hydrogens is 339 g/mol. The van der Waals surface area contributed by atoms with Crippen LogP contribution in [0.15, 0.2) is 35.1 Å². The highest BCUT2D eigenvalue weighted by molar-refractivity contribution is 14.1. The Morgan fingerprint density at radius 3 is 2.29 bits per heavy atom. The van der Waals surface area contributed by atoms with Crippen LogP contribution in [0.3, 0.4) is 0 Å². The van der Waals surface area contributed by atoms with E-state index < -0.39 is 17.2 Å². The van der Waals surface area contributed by atoms with Crippen LogP contribution in [0.25, 0.3) is 5.69 Å². The molecule has 1 aromatic carbocycles. The first kappa shape index (κ1) is 12.2. The van der Waals surface area contributed by atoms with Gasteiger partial charge in [-0.05, 0) is 47.7 Å². The summed E-state index contributed by atoms with van der Waals surface area (Å²) in [4.78, 5) is 11.7. The lowest BCUT2D eigenvalue weighted by Gasteiger charge is -2.12. The van der Waals surface area contributed by atoms with Crippen molar-refractivity contribution in [2.75, 3.05) is 0 Å². The predicted octanol–water partition coefficient (Wildman–Crippen LogP) is 3.03. The van der Waals surface area contributed by atoms with Crippen molar-refractivity contribution in [3.63, 3.8) is 0 Å². The molecule has 17 heavy (non-hydrogen) atoms. The van der Waals surface area contributed by atoms with Crippen LogP contribution in [-0.2, 0) is 0 Å². The van der Waals surface area contributed by atoms with Crippen LogP contribution < -0.4 is 5.56 Å². The first-order chi connectivity index (χ1) is 8.02. The van der Waals surface area contributed by atoms with Gasteiger partial charge < -0.3 is 0 Å². The number of nitrogens with zero attached hydrogens (tertiary/aromatic N) is 1. The SMILES string of the molecule is Cc1c(I)ccc(=O)n1-c1c(F)cccc1F. The van der Waals surface area contributed by atoms with Gasteiger partial charge in [0.25, 0.3) is 5.56 Å². The van der Waals surface area contributed by atoms with Crippen molar-refractivity contribution in [2.45, 2.75) is 6.92 Å². The fraction of sp³-hybridized carbons (Fsp3) is 0.0833. The third kappa shape index (κ3) is 2.11. The molecule has 2 rings (SSSR count). The van der Waals surface area contributed by atoms with Gasteiger partial charge in [-0.2, -0.15) is 0 Å². The van der Waals surface area contributed by atoms with Gasteiger partial charge in [-0.1, -0.05) is 6.07 Å². The molecule has 0 saturated carbocycles. The Kier molecular flexibility index (Phi) is 3.28. The minimum Gasteiger partial charge on any atom is -0.275 e. The summed E-state index contributed by atoms with van der Waals surface area (Å²) in [6.07, 6.45) is 0. The van der Waals surface area contributed by atoms with Crippen molar-refractivity contribution >= 4 is 22.6 Å². The van der Waals surface area contributed by atoms with Crippen molar-refractivity contribution in [2.24, 2.45) is 0 Å². The number of benzene rings is 1. The Labute approximate surface area is 110 Å². The monoisotopic (exact) mass is 347 g/mol. The van der Waals surface area contributed by atoms with Crippen LogP contribution in [0.1, 0.15) is 5.69 Å². The molecule has 0 aliphatic heterocycles. The Hall–Kier alpha value is -1.24. The molecule has 0 fully saturated rings. The highest BCUT2D eigenvalue weighted by atomic mass is 127. The number of rotatable bonds is 1. The summed E-state index contributed by atoms with van der Waals surface area (Å²) in [5, 5.41) is 0. The lowest BCUT2D eigenvalue weighted by Crippen LogP contribution is -2.22. The van der Waals surface area contributed by atoms with E-state index >= 15 is 0 Å². The molecule has 0 saturated heterocycles. The number of aromatic nitrogens is 1. The molecule has 0 radical (unpaired) electrons. The molecule has 2 aromatic rings. The summed E-state index contributed by atoms with van der Waals surface area (Å²) in [5.41, 5.74) is -0.262.